The molecular formula is C37H68O6. The van der Waals surface area contributed by atoms with Gasteiger partial charge in [0.25, 0.3) is 0 Å². The predicted molar refractivity (Wildman–Crippen MR) is 176 cm³/mol. The molecule has 2 rings (SSSR count). The molecule has 0 aromatic heterocycles. The Kier molecular flexibility index (Phi) is 21.6. The zero-order chi connectivity index (χ0) is 31.1. The number of esters is 1. The molecule has 0 spiro atoms. The number of aliphatic hydroxyl groups excluding tert-OH is 3. The molecule has 252 valence electrons. The van der Waals surface area contributed by atoms with E-state index < -0.39 is 18.3 Å². The minimum Gasteiger partial charge on any atom is -0.455 e. The van der Waals surface area contributed by atoms with Gasteiger partial charge in [-0.3, -0.25) is 0 Å². The number of cyclic esters (lactones) is 1. The van der Waals surface area contributed by atoms with E-state index >= 15 is 0 Å². The largest absolute Gasteiger partial charge is 0.455 e. The molecular weight excluding hydrogens is 540 g/mol. The minimum atomic E-state index is -0.656. The van der Waals surface area contributed by atoms with Gasteiger partial charge in [0.15, 0.2) is 0 Å². The molecule has 0 aliphatic carbocycles. The Bertz CT molecular complexity index is 724. The van der Waals surface area contributed by atoms with Crippen LogP contribution < -0.4 is 0 Å². The molecule has 3 N–H and O–H groups in total. The average Bonchev–Trinajstić information content (AvgIpc) is 3.60. The van der Waals surface area contributed by atoms with Crippen LogP contribution in [-0.2, 0) is 14.3 Å². The van der Waals surface area contributed by atoms with Crippen LogP contribution in [0.2, 0.25) is 0 Å². The van der Waals surface area contributed by atoms with Gasteiger partial charge in [0.2, 0.25) is 0 Å². The van der Waals surface area contributed by atoms with Gasteiger partial charge in [-0.15, -0.1) is 0 Å². The summed E-state index contributed by atoms with van der Waals surface area (Å²) in [4.78, 5) is 11.6. The Morgan fingerprint density at radius 2 is 1.14 bits per heavy atom. The smallest absolute Gasteiger partial charge is 0.334 e. The van der Waals surface area contributed by atoms with E-state index in [9.17, 15) is 20.1 Å². The summed E-state index contributed by atoms with van der Waals surface area (Å²) < 4.78 is 11.2. The van der Waals surface area contributed by atoms with Gasteiger partial charge in [-0.1, -0.05) is 129 Å². The topological polar surface area (TPSA) is 96.2 Å². The van der Waals surface area contributed by atoms with Gasteiger partial charge in [-0.2, -0.15) is 0 Å². The second-order valence-corrected chi connectivity index (χ2v) is 13.7. The van der Waals surface area contributed by atoms with Crippen molar-refractivity contribution in [1.29, 1.82) is 0 Å². The Labute approximate surface area is 264 Å². The fraction of sp³-hybridized carbons (Fsp3) is 0.919. The van der Waals surface area contributed by atoms with Gasteiger partial charge < -0.3 is 24.8 Å². The highest BCUT2D eigenvalue weighted by atomic mass is 16.5. The fourth-order valence-electron chi connectivity index (χ4n) is 6.76. The van der Waals surface area contributed by atoms with Gasteiger partial charge in [0.05, 0.1) is 30.5 Å². The highest BCUT2D eigenvalue weighted by molar-refractivity contribution is 5.90. The fourth-order valence-corrected chi connectivity index (χ4v) is 6.76. The summed E-state index contributed by atoms with van der Waals surface area (Å²) in [6, 6.07) is 0. The normalized spacial score (nSPS) is 22.5. The highest BCUT2D eigenvalue weighted by Crippen LogP contribution is 2.28. The quantitative estimate of drug-likeness (QED) is 0.0606. The molecule has 2 aliphatic rings. The second kappa shape index (κ2) is 24.3. The van der Waals surface area contributed by atoms with Crippen LogP contribution in [0.1, 0.15) is 181 Å². The van der Waals surface area contributed by atoms with Crippen molar-refractivity contribution in [2.75, 3.05) is 0 Å². The van der Waals surface area contributed by atoms with Gasteiger partial charge in [0, 0.05) is 12.0 Å². The standard InChI is InChI=1S/C37H68O6/c1-3-4-5-6-7-8-13-16-19-22-25-33(39)35-26-27-36(43-35)34(40)29-32(38)24-21-18-15-12-10-9-11-14-17-20-23-31-28-30(2)42-37(31)41/h28,30,32-36,38-40H,3-27,29H2,1-2H3/t30-,32-,33+,34+,35-,36+/m0/s1. The van der Waals surface area contributed by atoms with Crippen molar-refractivity contribution in [3.05, 3.63) is 11.6 Å². The maximum Gasteiger partial charge on any atom is 0.334 e. The molecule has 6 heteroatoms. The van der Waals surface area contributed by atoms with E-state index in [1.807, 2.05) is 13.0 Å². The van der Waals surface area contributed by atoms with E-state index in [0.717, 1.165) is 63.4 Å². The molecule has 1 fully saturated rings. The SMILES string of the molecule is CCCCCCCCCCCC[C@@H](O)[C@@H]1CC[C@H]([C@H](O)C[C@@H](O)CCCCCCCCCCCCC2=C[C@H](C)OC2=O)O1. The average molecular weight is 609 g/mol. The first-order chi connectivity index (χ1) is 20.9. The molecule has 43 heavy (non-hydrogen) atoms. The summed E-state index contributed by atoms with van der Waals surface area (Å²) in [7, 11) is 0. The maximum atomic E-state index is 11.6. The summed E-state index contributed by atoms with van der Waals surface area (Å²) in [5.74, 6) is -0.127. The van der Waals surface area contributed by atoms with Crippen molar-refractivity contribution in [2.45, 2.75) is 217 Å². The Morgan fingerprint density at radius 1 is 0.674 bits per heavy atom. The molecule has 0 saturated carbocycles. The van der Waals surface area contributed by atoms with Crippen LogP contribution in [0.15, 0.2) is 11.6 Å². The van der Waals surface area contributed by atoms with Crippen molar-refractivity contribution >= 4 is 5.97 Å². The number of rotatable bonds is 28. The third kappa shape index (κ3) is 18.0. The Balaban J connectivity index is 1.37. The second-order valence-electron chi connectivity index (χ2n) is 13.7. The number of hydrogen-bond donors (Lipinski definition) is 3. The summed E-state index contributed by atoms with van der Waals surface area (Å²) in [6.45, 7) is 4.17. The molecule has 6 nitrogen and oxygen atoms in total. The van der Waals surface area contributed by atoms with Crippen LogP contribution in [0, 0.1) is 0 Å². The van der Waals surface area contributed by atoms with Crippen molar-refractivity contribution in [1.82, 2.24) is 0 Å². The van der Waals surface area contributed by atoms with E-state index in [4.69, 9.17) is 9.47 Å². The Hall–Kier alpha value is -0.950. The molecule has 0 aromatic rings. The van der Waals surface area contributed by atoms with E-state index in [1.165, 1.54) is 103 Å². The predicted octanol–water partition coefficient (Wildman–Crippen LogP) is 8.87. The van der Waals surface area contributed by atoms with Crippen LogP contribution >= 0.6 is 0 Å². The van der Waals surface area contributed by atoms with Crippen LogP contribution in [0.25, 0.3) is 0 Å². The van der Waals surface area contributed by atoms with Crippen molar-refractivity contribution in [2.24, 2.45) is 0 Å². The maximum absolute atomic E-state index is 11.6. The van der Waals surface area contributed by atoms with Gasteiger partial charge in [0.1, 0.15) is 6.10 Å². The third-order valence-electron chi connectivity index (χ3n) is 9.54. The molecule has 2 aliphatic heterocycles. The summed E-state index contributed by atoms with van der Waals surface area (Å²) >= 11 is 0. The first-order valence-electron chi connectivity index (χ1n) is 18.5. The summed E-state index contributed by atoms with van der Waals surface area (Å²) in [6.07, 6.45) is 28.9. The molecule has 1 saturated heterocycles. The van der Waals surface area contributed by atoms with Crippen molar-refractivity contribution in [3.8, 4) is 0 Å². The Morgan fingerprint density at radius 3 is 1.65 bits per heavy atom. The zero-order valence-electron chi connectivity index (χ0n) is 28.0. The third-order valence-corrected chi connectivity index (χ3v) is 9.54. The lowest BCUT2D eigenvalue weighted by atomic mass is 9.98. The summed E-state index contributed by atoms with van der Waals surface area (Å²) in [5.41, 5.74) is 0.859. The molecule has 0 radical (unpaired) electrons. The van der Waals surface area contributed by atoms with Crippen LogP contribution in [0.3, 0.4) is 0 Å². The lowest BCUT2D eigenvalue weighted by Gasteiger charge is -2.23. The number of carbonyl (C=O) groups is 1. The van der Waals surface area contributed by atoms with Gasteiger partial charge >= 0.3 is 5.97 Å². The van der Waals surface area contributed by atoms with Crippen LogP contribution in [-0.4, -0.2) is 57.9 Å². The number of unbranched alkanes of at least 4 members (excludes halogenated alkanes) is 18. The molecule has 0 unspecified atom stereocenters. The zero-order valence-corrected chi connectivity index (χ0v) is 28.0. The lowest BCUT2D eigenvalue weighted by Crippen LogP contribution is -2.33. The first kappa shape index (κ1) is 38.2. The lowest BCUT2D eigenvalue weighted by molar-refractivity contribution is -0.139. The van der Waals surface area contributed by atoms with Crippen LogP contribution in [0.4, 0.5) is 0 Å². The van der Waals surface area contributed by atoms with Crippen LogP contribution in [0.5, 0.6) is 0 Å². The first-order valence-corrected chi connectivity index (χ1v) is 18.5. The van der Waals surface area contributed by atoms with E-state index in [-0.39, 0.29) is 24.3 Å². The van der Waals surface area contributed by atoms with Gasteiger partial charge in [-0.05, 0) is 51.5 Å². The van der Waals surface area contributed by atoms with E-state index in [2.05, 4.69) is 6.92 Å². The molecule has 6 atom stereocenters. The molecule has 0 aromatic carbocycles. The number of hydrogen-bond acceptors (Lipinski definition) is 6. The highest BCUT2D eigenvalue weighted by Gasteiger charge is 2.35. The molecule has 2 heterocycles. The number of ether oxygens (including phenoxy) is 2. The number of aliphatic hydroxyl groups is 3. The van der Waals surface area contributed by atoms with Gasteiger partial charge in [-0.25, -0.2) is 4.79 Å². The van der Waals surface area contributed by atoms with E-state index in [0.29, 0.717) is 6.42 Å². The van der Waals surface area contributed by atoms with Crippen molar-refractivity contribution < 1.29 is 29.6 Å². The van der Waals surface area contributed by atoms with Crippen molar-refractivity contribution in [3.63, 3.8) is 0 Å². The molecule has 0 bridgehead atoms. The minimum absolute atomic E-state index is 0.0542. The number of carbonyl (C=O) groups excluding carboxylic acids is 1. The summed E-state index contributed by atoms with van der Waals surface area (Å²) in [5, 5.41) is 31.7. The monoisotopic (exact) mass is 609 g/mol. The van der Waals surface area contributed by atoms with E-state index in [1.54, 1.807) is 0 Å². The molecule has 0 amide bonds.